The first-order valence-corrected chi connectivity index (χ1v) is 8.57. The molecular formula is C16H18N6S. The predicted molar refractivity (Wildman–Crippen MR) is 91.7 cm³/mol. The molecular weight excluding hydrogens is 308 g/mol. The van der Waals surface area contributed by atoms with Crippen LogP contribution in [0.15, 0.2) is 30.6 Å². The van der Waals surface area contributed by atoms with Crippen molar-refractivity contribution >= 4 is 26.8 Å². The standard InChI is InChI=1S/C16H18N6S/c1-12-4-6-18-20-14(12)11-21-7-9-22(10-8-21)16-19-13-3-2-5-17-15(13)23-16/h2-6H,7-11H2,1H3. The van der Waals surface area contributed by atoms with Crippen LogP contribution in [-0.4, -0.2) is 51.2 Å². The van der Waals surface area contributed by atoms with Crippen LogP contribution < -0.4 is 4.90 Å². The maximum Gasteiger partial charge on any atom is 0.188 e. The Morgan fingerprint density at radius 3 is 2.78 bits per heavy atom. The summed E-state index contributed by atoms with van der Waals surface area (Å²) in [4.78, 5) is 14.9. The van der Waals surface area contributed by atoms with E-state index in [1.54, 1.807) is 17.5 Å². The van der Waals surface area contributed by atoms with Gasteiger partial charge in [0, 0.05) is 45.1 Å². The number of hydrogen-bond acceptors (Lipinski definition) is 7. The first-order valence-electron chi connectivity index (χ1n) is 7.75. The van der Waals surface area contributed by atoms with Crippen LogP contribution >= 0.6 is 11.3 Å². The Balaban J connectivity index is 1.41. The summed E-state index contributed by atoms with van der Waals surface area (Å²) in [6.07, 6.45) is 3.57. The van der Waals surface area contributed by atoms with Crippen LogP contribution in [0.25, 0.3) is 10.3 Å². The Morgan fingerprint density at radius 1 is 1.13 bits per heavy atom. The molecule has 4 rings (SSSR count). The summed E-state index contributed by atoms with van der Waals surface area (Å²) in [5.74, 6) is 0. The molecule has 7 heteroatoms. The summed E-state index contributed by atoms with van der Waals surface area (Å²) in [6, 6.07) is 5.98. The van der Waals surface area contributed by atoms with Crippen molar-refractivity contribution in [2.45, 2.75) is 13.5 Å². The fourth-order valence-corrected chi connectivity index (χ4v) is 3.74. The Bertz CT molecular complexity index is 776. The van der Waals surface area contributed by atoms with E-state index in [2.05, 4.69) is 31.9 Å². The molecule has 23 heavy (non-hydrogen) atoms. The van der Waals surface area contributed by atoms with Crippen LogP contribution in [0.1, 0.15) is 11.3 Å². The topological polar surface area (TPSA) is 58.0 Å². The molecule has 118 valence electrons. The van der Waals surface area contributed by atoms with E-state index in [0.717, 1.165) is 53.9 Å². The molecule has 0 aromatic carbocycles. The lowest BCUT2D eigenvalue weighted by Gasteiger charge is -2.34. The first kappa shape index (κ1) is 14.5. The molecule has 0 amide bonds. The van der Waals surface area contributed by atoms with Crippen molar-refractivity contribution in [1.29, 1.82) is 0 Å². The zero-order valence-corrected chi connectivity index (χ0v) is 13.8. The number of fused-ring (bicyclic) bond motifs is 1. The maximum absolute atomic E-state index is 4.70. The number of aryl methyl sites for hydroxylation is 1. The highest BCUT2D eigenvalue weighted by Gasteiger charge is 2.20. The number of rotatable bonds is 3. The third-order valence-electron chi connectivity index (χ3n) is 4.20. The molecule has 3 aromatic rings. The maximum atomic E-state index is 4.70. The molecule has 1 saturated heterocycles. The number of pyridine rings is 1. The Hall–Kier alpha value is -2.12. The normalized spacial score (nSPS) is 16.1. The van der Waals surface area contributed by atoms with Crippen LogP contribution in [0.4, 0.5) is 5.13 Å². The van der Waals surface area contributed by atoms with E-state index >= 15 is 0 Å². The Morgan fingerprint density at radius 2 is 2.00 bits per heavy atom. The van der Waals surface area contributed by atoms with Gasteiger partial charge in [0.1, 0.15) is 10.3 Å². The molecule has 0 radical (unpaired) electrons. The summed E-state index contributed by atoms with van der Waals surface area (Å²) in [5, 5.41) is 9.33. The molecule has 0 bridgehead atoms. The van der Waals surface area contributed by atoms with Gasteiger partial charge in [-0.15, -0.1) is 0 Å². The van der Waals surface area contributed by atoms with E-state index in [1.807, 2.05) is 24.4 Å². The van der Waals surface area contributed by atoms with Crippen molar-refractivity contribution in [3.05, 3.63) is 41.9 Å². The van der Waals surface area contributed by atoms with Gasteiger partial charge >= 0.3 is 0 Å². The third-order valence-corrected chi connectivity index (χ3v) is 5.24. The first-order chi connectivity index (χ1) is 11.3. The molecule has 3 aromatic heterocycles. The van der Waals surface area contributed by atoms with Gasteiger partial charge in [0.05, 0.1) is 5.69 Å². The predicted octanol–water partition coefficient (Wildman–Crippen LogP) is 2.11. The van der Waals surface area contributed by atoms with Crippen LogP contribution in [0, 0.1) is 6.92 Å². The molecule has 4 heterocycles. The molecule has 0 N–H and O–H groups in total. The molecule has 0 spiro atoms. The molecule has 1 aliphatic heterocycles. The van der Waals surface area contributed by atoms with Gasteiger partial charge < -0.3 is 4.90 Å². The van der Waals surface area contributed by atoms with E-state index in [-0.39, 0.29) is 0 Å². The number of piperazine rings is 1. The smallest absolute Gasteiger partial charge is 0.188 e. The Labute approximate surface area is 138 Å². The highest BCUT2D eigenvalue weighted by Crippen LogP contribution is 2.27. The van der Waals surface area contributed by atoms with Crippen molar-refractivity contribution < 1.29 is 0 Å². The fraction of sp³-hybridized carbons (Fsp3) is 0.375. The van der Waals surface area contributed by atoms with Gasteiger partial charge in [-0.3, -0.25) is 4.90 Å². The minimum atomic E-state index is 0.870. The zero-order chi connectivity index (χ0) is 15.6. The molecule has 0 aliphatic carbocycles. The minimum absolute atomic E-state index is 0.870. The molecule has 1 fully saturated rings. The van der Waals surface area contributed by atoms with Crippen LogP contribution in [0.2, 0.25) is 0 Å². The van der Waals surface area contributed by atoms with Crippen molar-refractivity contribution in [3.8, 4) is 0 Å². The number of hydrogen-bond donors (Lipinski definition) is 0. The van der Waals surface area contributed by atoms with Gasteiger partial charge in [0.2, 0.25) is 0 Å². The molecule has 6 nitrogen and oxygen atoms in total. The molecule has 0 atom stereocenters. The van der Waals surface area contributed by atoms with E-state index in [4.69, 9.17) is 4.98 Å². The summed E-state index contributed by atoms with van der Waals surface area (Å²) in [5.41, 5.74) is 3.27. The van der Waals surface area contributed by atoms with E-state index < -0.39 is 0 Å². The van der Waals surface area contributed by atoms with Gasteiger partial charge in [-0.2, -0.15) is 10.2 Å². The van der Waals surface area contributed by atoms with Crippen LogP contribution in [0.5, 0.6) is 0 Å². The second-order valence-electron chi connectivity index (χ2n) is 5.75. The SMILES string of the molecule is Cc1ccnnc1CN1CCN(c2nc3cccnc3s2)CC1. The van der Waals surface area contributed by atoms with Gasteiger partial charge in [-0.25, -0.2) is 9.97 Å². The average Bonchev–Trinajstić information content (AvgIpc) is 3.02. The van der Waals surface area contributed by atoms with Crippen molar-refractivity contribution in [3.63, 3.8) is 0 Å². The third kappa shape index (κ3) is 3.02. The summed E-state index contributed by atoms with van der Waals surface area (Å²) >= 11 is 1.67. The summed E-state index contributed by atoms with van der Waals surface area (Å²) in [7, 11) is 0. The Kier molecular flexibility index (Phi) is 3.88. The number of nitrogens with zero attached hydrogens (tertiary/aromatic N) is 6. The number of anilines is 1. The highest BCUT2D eigenvalue weighted by atomic mass is 32.1. The second kappa shape index (κ2) is 6.17. The molecule has 0 unspecified atom stereocenters. The van der Waals surface area contributed by atoms with Gasteiger partial charge in [-0.1, -0.05) is 11.3 Å². The number of aromatic nitrogens is 4. The van der Waals surface area contributed by atoms with Gasteiger partial charge in [-0.05, 0) is 30.7 Å². The van der Waals surface area contributed by atoms with Crippen LogP contribution in [-0.2, 0) is 6.54 Å². The molecule has 1 aliphatic rings. The highest BCUT2D eigenvalue weighted by molar-refractivity contribution is 7.21. The van der Waals surface area contributed by atoms with Crippen molar-refractivity contribution in [2.75, 3.05) is 31.1 Å². The van der Waals surface area contributed by atoms with Crippen molar-refractivity contribution in [2.24, 2.45) is 0 Å². The van der Waals surface area contributed by atoms with E-state index in [9.17, 15) is 0 Å². The largest absolute Gasteiger partial charge is 0.345 e. The second-order valence-corrected chi connectivity index (χ2v) is 6.70. The number of thiazole rings is 1. The summed E-state index contributed by atoms with van der Waals surface area (Å²) < 4.78 is 0. The average molecular weight is 326 g/mol. The lowest BCUT2D eigenvalue weighted by Crippen LogP contribution is -2.46. The monoisotopic (exact) mass is 326 g/mol. The lowest BCUT2D eigenvalue weighted by molar-refractivity contribution is 0.246. The van der Waals surface area contributed by atoms with E-state index in [1.165, 1.54) is 5.56 Å². The molecule has 0 saturated carbocycles. The van der Waals surface area contributed by atoms with Crippen molar-refractivity contribution in [1.82, 2.24) is 25.1 Å². The fourth-order valence-electron chi connectivity index (χ4n) is 2.78. The zero-order valence-electron chi connectivity index (χ0n) is 13.0. The lowest BCUT2D eigenvalue weighted by atomic mass is 10.2. The summed E-state index contributed by atoms with van der Waals surface area (Å²) in [6.45, 7) is 6.96. The minimum Gasteiger partial charge on any atom is -0.345 e. The quantitative estimate of drug-likeness (QED) is 0.735. The van der Waals surface area contributed by atoms with E-state index in [0.29, 0.717) is 0 Å². The van der Waals surface area contributed by atoms with Crippen LogP contribution in [0.3, 0.4) is 0 Å². The van der Waals surface area contributed by atoms with Gasteiger partial charge in [0.25, 0.3) is 0 Å². The van der Waals surface area contributed by atoms with Gasteiger partial charge in [0.15, 0.2) is 5.13 Å².